The monoisotopic (exact) mass is 337 g/mol. The number of hydrogen-bond acceptors (Lipinski definition) is 3. The summed E-state index contributed by atoms with van der Waals surface area (Å²) in [6.45, 7) is 8.05. The first kappa shape index (κ1) is 17.8. The minimum Gasteiger partial charge on any atom is -0.354 e. The van der Waals surface area contributed by atoms with Gasteiger partial charge in [-0.2, -0.15) is 0 Å². The van der Waals surface area contributed by atoms with Gasteiger partial charge in [0.05, 0.1) is 0 Å². The molecule has 1 N–H and O–H groups in total. The fourth-order valence-electron chi connectivity index (χ4n) is 2.80. The minimum atomic E-state index is -0.581. The molecule has 5 nitrogen and oxygen atoms in total. The Morgan fingerprint density at radius 2 is 1.96 bits per heavy atom. The molecule has 0 radical (unpaired) electrons. The van der Waals surface area contributed by atoms with Crippen LogP contribution in [0.1, 0.15) is 20.3 Å². The molecule has 126 valence electrons. The van der Waals surface area contributed by atoms with E-state index in [0.717, 1.165) is 25.3 Å². The molecule has 1 heterocycles. The van der Waals surface area contributed by atoms with Gasteiger partial charge in [-0.15, -0.1) is 0 Å². The number of likely N-dealkylation sites (N-methyl/N-ethyl adjacent to an activating group) is 1. The van der Waals surface area contributed by atoms with Crippen LogP contribution in [0.2, 0.25) is 5.02 Å². The number of carbonyl (C=O) groups is 2. The Morgan fingerprint density at radius 3 is 2.57 bits per heavy atom. The molecule has 0 aromatic heterocycles. The summed E-state index contributed by atoms with van der Waals surface area (Å²) in [6, 6.07) is 7.12. The predicted octanol–water partition coefficient (Wildman–Crippen LogP) is 2.15. The van der Waals surface area contributed by atoms with Crippen LogP contribution in [0.4, 0.5) is 5.69 Å². The fourth-order valence-corrected chi connectivity index (χ4v) is 2.93. The molecule has 1 aliphatic rings. The Labute approximate surface area is 142 Å². The van der Waals surface area contributed by atoms with Gasteiger partial charge in [0, 0.05) is 30.3 Å². The lowest BCUT2D eigenvalue weighted by Crippen LogP contribution is -2.40. The second-order valence-corrected chi connectivity index (χ2v) is 6.06. The van der Waals surface area contributed by atoms with Crippen LogP contribution in [0.15, 0.2) is 24.3 Å². The van der Waals surface area contributed by atoms with Gasteiger partial charge in [0.25, 0.3) is 0 Å². The van der Waals surface area contributed by atoms with Crippen molar-refractivity contribution in [3.8, 4) is 0 Å². The Kier molecular flexibility index (Phi) is 6.42. The maximum Gasteiger partial charge on any atom is 0.239 e. The highest BCUT2D eigenvalue weighted by Gasteiger charge is 2.37. The summed E-state index contributed by atoms with van der Waals surface area (Å²) in [5, 5.41) is 3.52. The van der Waals surface area contributed by atoms with Crippen LogP contribution in [-0.4, -0.2) is 49.4 Å². The lowest BCUT2D eigenvalue weighted by molar-refractivity contribution is -0.132. The molecular formula is C17H24ClN3O2. The van der Waals surface area contributed by atoms with Crippen molar-refractivity contribution in [3.63, 3.8) is 0 Å². The highest BCUT2D eigenvalue weighted by molar-refractivity contribution is 6.30. The van der Waals surface area contributed by atoms with Crippen LogP contribution in [0, 0.1) is 5.92 Å². The molecule has 6 heteroatoms. The van der Waals surface area contributed by atoms with Crippen LogP contribution in [0.25, 0.3) is 0 Å². The van der Waals surface area contributed by atoms with E-state index in [1.807, 2.05) is 0 Å². The quantitative estimate of drug-likeness (QED) is 0.776. The third-order valence-corrected chi connectivity index (χ3v) is 4.53. The minimum absolute atomic E-state index is 0.132. The molecular weight excluding hydrogens is 314 g/mol. The van der Waals surface area contributed by atoms with Crippen molar-refractivity contribution in [3.05, 3.63) is 29.3 Å². The highest BCUT2D eigenvalue weighted by Crippen LogP contribution is 2.26. The Hall–Kier alpha value is -1.59. The van der Waals surface area contributed by atoms with Gasteiger partial charge in [0.1, 0.15) is 5.92 Å². The first-order valence-corrected chi connectivity index (χ1v) is 8.51. The van der Waals surface area contributed by atoms with Crippen LogP contribution < -0.4 is 10.2 Å². The average molecular weight is 338 g/mol. The molecule has 1 saturated heterocycles. The van der Waals surface area contributed by atoms with Crippen molar-refractivity contribution in [2.24, 2.45) is 5.92 Å². The number of nitrogens with zero attached hydrogens (tertiary/aromatic N) is 2. The van der Waals surface area contributed by atoms with E-state index >= 15 is 0 Å². The van der Waals surface area contributed by atoms with Crippen molar-refractivity contribution >= 4 is 29.1 Å². The van der Waals surface area contributed by atoms with Gasteiger partial charge in [0.15, 0.2) is 0 Å². The molecule has 1 aromatic carbocycles. The van der Waals surface area contributed by atoms with E-state index < -0.39 is 5.92 Å². The van der Waals surface area contributed by atoms with Crippen LogP contribution in [-0.2, 0) is 9.59 Å². The predicted molar refractivity (Wildman–Crippen MR) is 92.7 cm³/mol. The summed E-state index contributed by atoms with van der Waals surface area (Å²) in [5.74, 6) is -0.881. The van der Waals surface area contributed by atoms with E-state index in [1.54, 1.807) is 29.2 Å². The molecule has 23 heavy (non-hydrogen) atoms. The number of amides is 2. The molecule has 1 aliphatic heterocycles. The zero-order valence-electron chi connectivity index (χ0n) is 13.7. The highest BCUT2D eigenvalue weighted by atomic mass is 35.5. The molecule has 1 unspecified atom stereocenters. The summed E-state index contributed by atoms with van der Waals surface area (Å²) in [7, 11) is 0. The second kappa shape index (κ2) is 8.31. The van der Waals surface area contributed by atoms with E-state index in [4.69, 9.17) is 11.6 Å². The third-order valence-electron chi connectivity index (χ3n) is 4.28. The van der Waals surface area contributed by atoms with Gasteiger partial charge < -0.3 is 15.1 Å². The average Bonchev–Trinajstić information content (AvgIpc) is 2.94. The lowest BCUT2D eigenvalue weighted by atomic mass is 10.1. The maximum atomic E-state index is 12.5. The van der Waals surface area contributed by atoms with Gasteiger partial charge in [-0.25, -0.2) is 0 Å². The van der Waals surface area contributed by atoms with E-state index in [-0.39, 0.29) is 11.8 Å². The number of halogens is 1. The van der Waals surface area contributed by atoms with Gasteiger partial charge in [-0.3, -0.25) is 9.59 Å². The molecule has 0 aliphatic carbocycles. The first-order chi connectivity index (χ1) is 11.1. The van der Waals surface area contributed by atoms with Crippen molar-refractivity contribution in [1.29, 1.82) is 0 Å². The molecule has 2 amide bonds. The number of benzene rings is 1. The maximum absolute atomic E-state index is 12.5. The molecule has 1 atom stereocenters. The summed E-state index contributed by atoms with van der Waals surface area (Å²) in [6.07, 6.45) is 0.554. The van der Waals surface area contributed by atoms with E-state index in [0.29, 0.717) is 24.5 Å². The number of rotatable bonds is 7. The first-order valence-electron chi connectivity index (χ1n) is 8.13. The van der Waals surface area contributed by atoms with Crippen molar-refractivity contribution in [2.75, 3.05) is 37.6 Å². The summed E-state index contributed by atoms with van der Waals surface area (Å²) >= 11 is 5.87. The van der Waals surface area contributed by atoms with Crippen LogP contribution >= 0.6 is 11.6 Å². The normalized spacial score (nSPS) is 17.8. The Bertz CT molecular complexity index is 543. The number of carbonyl (C=O) groups excluding carboxylic acids is 2. The van der Waals surface area contributed by atoms with E-state index in [9.17, 15) is 9.59 Å². The number of hydrogen-bond donors (Lipinski definition) is 1. The Balaban J connectivity index is 1.88. The van der Waals surface area contributed by atoms with Crippen LogP contribution in [0.3, 0.4) is 0 Å². The van der Waals surface area contributed by atoms with Crippen LogP contribution in [0.5, 0.6) is 0 Å². The number of anilines is 1. The smallest absolute Gasteiger partial charge is 0.239 e. The lowest BCUT2D eigenvalue weighted by Gasteiger charge is -2.19. The summed E-state index contributed by atoms with van der Waals surface area (Å²) < 4.78 is 0. The fraction of sp³-hybridized carbons (Fsp3) is 0.529. The number of nitrogens with one attached hydrogen (secondary N) is 1. The molecule has 0 spiro atoms. The second-order valence-electron chi connectivity index (χ2n) is 5.63. The summed E-state index contributed by atoms with van der Waals surface area (Å²) in [4.78, 5) is 28.6. The molecule has 1 fully saturated rings. The van der Waals surface area contributed by atoms with Crippen molar-refractivity contribution < 1.29 is 9.59 Å². The molecule has 0 bridgehead atoms. The van der Waals surface area contributed by atoms with Gasteiger partial charge >= 0.3 is 0 Å². The van der Waals surface area contributed by atoms with E-state index in [2.05, 4.69) is 24.1 Å². The molecule has 0 saturated carbocycles. The Morgan fingerprint density at radius 1 is 1.30 bits per heavy atom. The SMILES string of the molecule is CCN(CC)CCNC(=O)C1CCN(c2ccc(Cl)cc2)C1=O. The van der Waals surface area contributed by atoms with Gasteiger partial charge in [-0.05, 0) is 43.8 Å². The van der Waals surface area contributed by atoms with Gasteiger partial charge in [0.2, 0.25) is 11.8 Å². The van der Waals surface area contributed by atoms with Crippen molar-refractivity contribution in [1.82, 2.24) is 10.2 Å². The van der Waals surface area contributed by atoms with E-state index in [1.165, 1.54) is 0 Å². The summed E-state index contributed by atoms with van der Waals surface area (Å²) in [5.41, 5.74) is 0.790. The zero-order chi connectivity index (χ0) is 16.8. The molecule has 2 rings (SSSR count). The van der Waals surface area contributed by atoms with Crippen molar-refractivity contribution in [2.45, 2.75) is 20.3 Å². The third kappa shape index (κ3) is 4.45. The largest absolute Gasteiger partial charge is 0.354 e. The molecule has 1 aromatic rings. The van der Waals surface area contributed by atoms with Gasteiger partial charge in [-0.1, -0.05) is 25.4 Å². The zero-order valence-corrected chi connectivity index (χ0v) is 14.5. The standard InChI is InChI=1S/C17H24ClN3O2/c1-3-20(4-2)12-10-19-16(22)15-9-11-21(17(15)23)14-7-5-13(18)6-8-14/h5-8,15H,3-4,9-12H2,1-2H3,(H,19,22). The topological polar surface area (TPSA) is 52.7 Å².